The van der Waals surface area contributed by atoms with Crippen LogP contribution in [0.1, 0.15) is 70.4 Å². The van der Waals surface area contributed by atoms with Crippen molar-refractivity contribution in [3.8, 4) is 5.75 Å². The monoisotopic (exact) mass is 284 g/mol. The molecule has 4 bridgehead atoms. The van der Waals surface area contributed by atoms with Crippen molar-refractivity contribution in [3.63, 3.8) is 0 Å². The molecule has 114 valence electrons. The first kappa shape index (κ1) is 13.7. The molecule has 0 unspecified atom stereocenters. The minimum Gasteiger partial charge on any atom is -0.508 e. The highest BCUT2D eigenvalue weighted by molar-refractivity contribution is 5.45. The largest absolute Gasteiger partial charge is 0.508 e. The minimum absolute atomic E-state index is 0.157. The fraction of sp³-hybridized carbons (Fsp3) is 0.700. The SMILES string of the molecule is CC(C)(C)c1ccc(O)c(C23CC4CC(CC(C4)C2)C3)c1. The molecule has 21 heavy (non-hydrogen) atoms. The molecule has 0 amide bonds. The van der Waals surface area contributed by atoms with Gasteiger partial charge in [-0.05, 0) is 78.7 Å². The summed E-state index contributed by atoms with van der Waals surface area (Å²) in [4.78, 5) is 0. The Morgan fingerprint density at radius 1 is 0.952 bits per heavy atom. The quantitative estimate of drug-likeness (QED) is 0.755. The summed E-state index contributed by atoms with van der Waals surface area (Å²) >= 11 is 0. The molecule has 1 aromatic rings. The predicted molar refractivity (Wildman–Crippen MR) is 86.7 cm³/mol. The summed E-state index contributed by atoms with van der Waals surface area (Å²) in [5, 5.41) is 10.6. The maximum absolute atomic E-state index is 10.6. The molecule has 0 aromatic heterocycles. The standard InChI is InChI=1S/C20H28O/c1-19(2,3)16-4-5-18(21)17(9-16)20-10-13-6-14(11-20)8-15(7-13)12-20/h4-5,9,13-15,21H,6-8,10-12H2,1-3H3. The second-order valence-electron chi connectivity index (χ2n) is 9.18. The van der Waals surface area contributed by atoms with Gasteiger partial charge in [-0.3, -0.25) is 0 Å². The van der Waals surface area contributed by atoms with Crippen LogP contribution in [-0.4, -0.2) is 5.11 Å². The molecule has 4 fully saturated rings. The first-order valence-corrected chi connectivity index (χ1v) is 8.70. The van der Waals surface area contributed by atoms with Gasteiger partial charge in [-0.1, -0.05) is 32.9 Å². The normalized spacial score (nSPS) is 38.0. The molecule has 1 heteroatoms. The zero-order valence-electron chi connectivity index (χ0n) is 13.7. The van der Waals surface area contributed by atoms with Crippen LogP contribution in [0.25, 0.3) is 0 Å². The third-order valence-electron chi connectivity index (χ3n) is 6.47. The molecule has 1 aromatic carbocycles. The van der Waals surface area contributed by atoms with Gasteiger partial charge in [-0.25, -0.2) is 0 Å². The number of aromatic hydroxyl groups is 1. The van der Waals surface area contributed by atoms with Crippen LogP contribution in [0, 0.1) is 17.8 Å². The molecule has 0 aliphatic heterocycles. The van der Waals surface area contributed by atoms with Crippen LogP contribution in [0.4, 0.5) is 0 Å². The Kier molecular flexibility index (Phi) is 2.78. The number of phenolic OH excluding ortho intramolecular Hbond substituents is 1. The van der Waals surface area contributed by atoms with Crippen molar-refractivity contribution in [3.05, 3.63) is 29.3 Å². The molecule has 4 aliphatic rings. The summed E-state index contributed by atoms with van der Waals surface area (Å²) in [6, 6.07) is 6.40. The Morgan fingerprint density at radius 3 is 1.95 bits per heavy atom. The van der Waals surface area contributed by atoms with Gasteiger partial charge in [-0.15, -0.1) is 0 Å². The Hall–Kier alpha value is -0.980. The van der Waals surface area contributed by atoms with Crippen LogP contribution in [0.2, 0.25) is 0 Å². The molecule has 0 spiro atoms. The van der Waals surface area contributed by atoms with E-state index in [-0.39, 0.29) is 5.41 Å². The summed E-state index contributed by atoms with van der Waals surface area (Å²) in [6.45, 7) is 6.80. The van der Waals surface area contributed by atoms with Crippen molar-refractivity contribution < 1.29 is 5.11 Å². The van der Waals surface area contributed by atoms with E-state index in [0.717, 1.165) is 17.8 Å². The van der Waals surface area contributed by atoms with Crippen molar-refractivity contribution in [2.75, 3.05) is 0 Å². The van der Waals surface area contributed by atoms with E-state index in [1.54, 1.807) is 0 Å². The Bertz CT molecular complexity index is 528. The number of hydrogen-bond acceptors (Lipinski definition) is 1. The van der Waals surface area contributed by atoms with Crippen LogP contribution in [0.5, 0.6) is 5.75 Å². The number of hydrogen-bond donors (Lipinski definition) is 1. The highest BCUT2D eigenvalue weighted by Crippen LogP contribution is 2.61. The van der Waals surface area contributed by atoms with Gasteiger partial charge in [0.1, 0.15) is 5.75 Å². The van der Waals surface area contributed by atoms with E-state index in [9.17, 15) is 5.11 Å². The van der Waals surface area contributed by atoms with Gasteiger partial charge in [0, 0.05) is 5.56 Å². The number of phenols is 1. The van der Waals surface area contributed by atoms with E-state index < -0.39 is 0 Å². The lowest BCUT2D eigenvalue weighted by molar-refractivity contribution is -0.00618. The maximum Gasteiger partial charge on any atom is 0.119 e. The minimum atomic E-state index is 0.157. The van der Waals surface area contributed by atoms with Crippen LogP contribution in [-0.2, 0) is 10.8 Å². The highest BCUT2D eigenvalue weighted by Gasteiger charge is 2.52. The Morgan fingerprint density at radius 2 is 1.48 bits per heavy atom. The zero-order chi connectivity index (χ0) is 14.8. The van der Waals surface area contributed by atoms with E-state index in [2.05, 4.69) is 32.9 Å². The van der Waals surface area contributed by atoms with E-state index in [1.165, 1.54) is 49.7 Å². The zero-order valence-corrected chi connectivity index (χ0v) is 13.7. The molecule has 1 N–H and O–H groups in total. The maximum atomic E-state index is 10.6. The van der Waals surface area contributed by atoms with E-state index >= 15 is 0 Å². The van der Waals surface area contributed by atoms with Crippen LogP contribution in [0.3, 0.4) is 0 Å². The molecule has 0 saturated heterocycles. The molecule has 0 atom stereocenters. The van der Waals surface area contributed by atoms with Crippen molar-refractivity contribution in [2.45, 2.75) is 70.1 Å². The van der Waals surface area contributed by atoms with Crippen molar-refractivity contribution >= 4 is 0 Å². The predicted octanol–water partition coefficient (Wildman–Crippen LogP) is 5.16. The van der Waals surface area contributed by atoms with Gasteiger partial charge in [0.05, 0.1) is 0 Å². The summed E-state index contributed by atoms with van der Waals surface area (Å²) in [7, 11) is 0. The molecule has 5 rings (SSSR count). The fourth-order valence-corrected chi connectivity index (χ4v) is 5.87. The Balaban J connectivity index is 1.79. The second-order valence-corrected chi connectivity index (χ2v) is 9.18. The van der Waals surface area contributed by atoms with Crippen LogP contribution < -0.4 is 0 Å². The first-order valence-electron chi connectivity index (χ1n) is 8.70. The van der Waals surface area contributed by atoms with Crippen molar-refractivity contribution in [2.24, 2.45) is 17.8 Å². The summed E-state index contributed by atoms with van der Waals surface area (Å²) < 4.78 is 0. The van der Waals surface area contributed by atoms with Gasteiger partial charge in [-0.2, -0.15) is 0 Å². The lowest BCUT2D eigenvalue weighted by Gasteiger charge is -2.57. The first-order chi connectivity index (χ1) is 9.86. The van der Waals surface area contributed by atoms with Gasteiger partial charge in [0.15, 0.2) is 0 Å². The average molecular weight is 284 g/mol. The number of rotatable bonds is 1. The fourth-order valence-electron chi connectivity index (χ4n) is 5.87. The summed E-state index contributed by atoms with van der Waals surface area (Å²) in [5.74, 6) is 3.32. The Labute approximate surface area is 128 Å². The molecule has 4 aliphatic carbocycles. The third-order valence-corrected chi connectivity index (χ3v) is 6.47. The van der Waals surface area contributed by atoms with Crippen LogP contribution >= 0.6 is 0 Å². The molecular formula is C20H28O. The van der Waals surface area contributed by atoms with Gasteiger partial charge >= 0.3 is 0 Å². The van der Waals surface area contributed by atoms with Gasteiger partial charge < -0.3 is 5.11 Å². The van der Waals surface area contributed by atoms with Crippen molar-refractivity contribution in [1.29, 1.82) is 0 Å². The summed E-state index contributed by atoms with van der Waals surface area (Å²) in [5.41, 5.74) is 3.09. The van der Waals surface area contributed by atoms with Gasteiger partial charge in [0.25, 0.3) is 0 Å². The van der Waals surface area contributed by atoms with Crippen LogP contribution in [0.15, 0.2) is 18.2 Å². The molecule has 1 nitrogen and oxygen atoms in total. The van der Waals surface area contributed by atoms with E-state index in [0.29, 0.717) is 11.2 Å². The highest BCUT2D eigenvalue weighted by atomic mass is 16.3. The topological polar surface area (TPSA) is 20.2 Å². The van der Waals surface area contributed by atoms with E-state index in [1.807, 2.05) is 6.07 Å². The average Bonchev–Trinajstić information content (AvgIpc) is 2.35. The van der Waals surface area contributed by atoms with E-state index in [4.69, 9.17) is 0 Å². The van der Waals surface area contributed by atoms with Crippen molar-refractivity contribution in [1.82, 2.24) is 0 Å². The smallest absolute Gasteiger partial charge is 0.119 e. The molecule has 0 radical (unpaired) electrons. The molecule has 0 heterocycles. The number of benzene rings is 1. The summed E-state index contributed by atoms with van der Waals surface area (Å²) in [6.07, 6.45) is 8.33. The second kappa shape index (κ2) is 4.27. The molecule has 4 saturated carbocycles. The van der Waals surface area contributed by atoms with Gasteiger partial charge in [0.2, 0.25) is 0 Å². The molecular weight excluding hydrogens is 256 g/mol. The third kappa shape index (κ3) is 2.12. The lowest BCUT2D eigenvalue weighted by atomic mass is 9.48. The lowest BCUT2D eigenvalue weighted by Crippen LogP contribution is -2.48.